The number of carbonyl (C=O) groups excluding carboxylic acids is 1. The average Bonchev–Trinajstić information content (AvgIpc) is 2.15. The van der Waals surface area contributed by atoms with Gasteiger partial charge in [-0.15, -0.1) is 24.8 Å². The van der Waals surface area contributed by atoms with E-state index >= 15 is 0 Å². The molecule has 1 unspecified atom stereocenters. The zero-order chi connectivity index (χ0) is 11.4. The molecular formula is C9H21Cl2NO4. The van der Waals surface area contributed by atoms with Crippen LogP contribution in [0, 0.1) is 5.92 Å². The second-order valence-corrected chi connectivity index (χ2v) is 2.88. The predicted molar refractivity (Wildman–Crippen MR) is 67.3 cm³/mol. The number of aliphatic carboxylic acids is 1. The van der Waals surface area contributed by atoms with Crippen LogP contribution in [0.1, 0.15) is 26.7 Å². The molecular weight excluding hydrogens is 257 g/mol. The lowest BCUT2D eigenvalue weighted by Crippen LogP contribution is -2.05. The summed E-state index contributed by atoms with van der Waals surface area (Å²) in [6.07, 6.45) is 1.13. The third kappa shape index (κ3) is 29.2. The first-order valence-corrected chi connectivity index (χ1v) is 4.55. The topological polar surface area (TPSA) is 89.6 Å². The number of carbonyl (C=O) groups is 2. The minimum absolute atomic E-state index is 0. The van der Waals surface area contributed by atoms with Crippen LogP contribution >= 0.6 is 24.8 Å². The third-order valence-corrected chi connectivity index (χ3v) is 1.50. The minimum Gasteiger partial charge on any atom is -0.481 e. The second kappa shape index (κ2) is 20.0. The van der Waals surface area contributed by atoms with Crippen molar-refractivity contribution in [2.75, 3.05) is 13.2 Å². The van der Waals surface area contributed by atoms with Crippen LogP contribution in [-0.4, -0.2) is 30.7 Å². The van der Waals surface area contributed by atoms with E-state index in [0.717, 1.165) is 6.42 Å². The fourth-order valence-electron chi connectivity index (χ4n) is 0.445. The first-order chi connectivity index (χ1) is 6.58. The summed E-state index contributed by atoms with van der Waals surface area (Å²) in [5.41, 5.74) is 4.85. The molecule has 0 aromatic heterocycles. The van der Waals surface area contributed by atoms with Gasteiger partial charge >= 0.3 is 5.97 Å². The normalized spacial score (nSPS) is 9.44. The molecule has 0 rings (SSSR count). The summed E-state index contributed by atoms with van der Waals surface area (Å²) >= 11 is 0. The molecule has 0 aromatic carbocycles. The molecule has 0 saturated carbocycles. The zero-order valence-electron chi connectivity index (χ0n) is 9.55. The van der Waals surface area contributed by atoms with Gasteiger partial charge in [0.05, 0.1) is 13.0 Å². The fraction of sp³-hybridized carbons (Fsp3) is 0.778. The molecule has 0 amide bonds. The molecule has 0 spiro atoms. The van der Waals surface area contributed by atoms with Crippen molar-refractivity contribution in [2.45, 2.75) is 26.7 Å². The molecule has 0 radical (unpaired) electrons. The smallest absolute Gasteiger partial charge is 0.304 e. The van der Waals surface area contributed by atoms with Crippen LogP contribution in [0.4, 0.5) is 0 Å². The van der Waals surface area contributed by atoms with Gasteiger partial charge in [0.1, 0.15) is 0 Å². The van der Waals surface area contributed by atoms with Crippen molar-refractivity contribution in [3.05, 3.63) is 0 Å². The fourth-order valence-corrected chi connectivity index (χ4v) is 0.445. The maximum atomic E-state index is 9.60. The van der Waals surface area contributed by atoms with Crippen molar-refractivity contribution in [3.63, 3.8) is 0 Å². The van der Waals surface area contributed by atoms with Crippen LogP contribution < -0.4 is 5.73 Å². The van der Waals surface area contributed by atoms with Crippen LogP contribution in [0.5, 0.6) is 0 Å². The van der Waals surface area contributed by atoms with Gasteiger partial charge in [-0.2, -0.15) is 0 Å². The van der Waals surface area contributed by atoms with Gasteiger partial charge < -0.3 is 15.6 Å². The Hall–Kier alpha value is -0.520. The van der Waals surface area contributed by atoms with Crippen LogP contribution in [-0.2, 0) is 14.3 Å². The van der Waals surface area contributed by atoms with Crippen LogP contribution in [0.15, 0.2) is 0 Å². The summed E-state index contributed by atoms with van der Waals surface area (Å²) in [5, 5.41) is 7.83. The molecule has 0 saturated heterocycles. The van der Waals surface area contributed by atoms with E-state index in [2.05, 4.69) is 11.7 Å². The van der Waals surface area contributed by atoms with Gasteiger partial charge in [-0.3, -0.25) is 9.59 Å². The summed E-state index contributed by atoms with van der Waals surface area (Å²) < 4.78 is 4.51. The van der Waals surface area contributed by atoms with Crippen molar-refractivity contribution in [1.29, 1.82) is 0 Å². The second-order valence-electron chi connectivity index (χ2n) is 2.88. The molecule has 0 aliphatic heterocycles. The Kier molecular flexibility index (Phi) is 30.7. The molecule has 0 aromatic rings. The lowest BCUT2D eigenvalue weighted by molar-refractivity contribution is -0.136. The number of carboxylic acids is 1. The lowest BCUT2D eigenvalue weighted by Gasteiger charge is -2.03. The maximum Gasteiger partial charge on any atom is 0.304 e. The monoisotopic (exact) mass is 277 g/mol. The Bertz CT molecular complexity index is 158. The first kappa shape index (κ1) is 24.6. The lowest BCUT2D eigenvalue weighted by atomic mass is 10.1. The highest BCUT2D eigenvalue weighted by atomic mass is 35.5. The Morgan fingerprint density at radius 1 is 1.50 bits per heavy atom. The van der Waals surface area contributed by atoms with Crippen LogP contribution in [0.3, 0.4) is 0 Å². The largest absolute Gasteiger partial charge is 0.481 e. The van der Waals surface area contributed by atoms with Crippen molar-refractivity contribution < 1.29 is 19.4 Å². The van der Waals surface area contributed by atoms with Crippen LogP contribution in [0.25, 0.3) is 0 Å². The summed E-state index contributed by atoms with van der Waals surface area (Å²) in [6, 6.07) is 0. The summed E-state index contributed by atoms with van der Waals surface area (Å²) in [6.45, 7) is 5.39. The number of hydrogen-bond donors (Lipinski definition) is 2. The predicted octanol–water partition coefficient (Wildman–Crippen LogP) is 1.47. The van der Waals surface area contributed by atoms with E-state index in [4.69, 9.17) is 10.8 Å². The molecule has 0 heterocycles. The molecule has 3 N–H and O–H groups in total. The Balaban J connectivity index is -0.0000000825. The quantitative estimate of drug-likeness (QED) is 0.718. The first-order valence-electron chi connectivity index (χ1n) is 4.55. The van der Waals surface area contributed by atoms with Crippen LogP contribution in [0.2, 0.25) is 0 Å². The Labute approximate surface area is 109 Å². The van der Waals surface area contributed by atoms with E-state index in [1.54, 1.807) is 0 Å². The minimum atomic E-state index is -0.836. The molecule has 5 nitrogen and oxygen atoms in total. The van der Waals surface area contributed by atoms with Crippen molar-refractivity contribution >= 4 is 37.3 Å². The van der Waals surface area contributed by atoms with E-state index in [1.807, 2.05) is 6.92 Å². The van der Waals surface area contributed by atoms with Gasteiger partial charge in [0.25, 0.3) is 6.47 Å². The van der Waals surface area contributed by atoms with Crippen molar-refractivity contribution in [1.82, 2.24) is 0 Å². The number of hydrogen-bond acceptors (Lipinski definition) is 4. The SMILES string of the molecule is CCC(C)COC=O.Cl.Cl.NCCC(=O)O. The Morgan fingerprint density at radius 3 is 2.19 bits per heavy atom. The van der Waals surface area contributed by atoms with Gasteiger partial charge in [-0.05, 0) is 5.92 Å². The number of nitrogens with two attached hydrogens (primary N) is 1. The number of carboxylic acid groups (broad SMARTS) is 1. The molecule has 7 heteroatoms. The van der Waals surface area contributed by atoms with Gasteiger partial charge in [-0.25, -0.2) is 0 Å². The molecule has 0 aliphatic carbocycles. The highest BCUT2D eigenvalue weighted by Crippen LogP contribution is 1.98. The Morgan fingerprint density at radius 2 is 2.00 bits per heavy atom. The third-order valence-electron chi connectivity index (χ3n) is 1.50. The van der Waals surface area contributed by atoms with E-state index in [9.17, 15) is 9.59 Å². The number of ether oxygens (including phenoxy) is 1. The van der Waals surface area contributed by atoms with E-state index in [0.29, 0.717) is 19.0 Å². The maximum absolute atomic E-state index is 9.60. The highest BCUT2D eigenvalue weighted by molar-refractivity contribution is 5.85. The highest BCUT2D eigenvalue weighted by Gasteiger charge is 1.95. The summed E-state index contributed by atoms with van der Waals surface area (Å²) in [7, 11) is 0. The van der Waals surface area contributed by atoms with E-state index in [1.165, 1.54) is 0 Å². The standard InChI is InChI=1S/C6H12O2.C3H7NO2.2ClH/c1-3-6(2)4-8-5-7;4-2-1-3(5)6;;/h5-6H,3-4H2,1-2H3;1-2,4H2,(H,5,6);2*1H. The van der Waals surface area contributed by atoms with E-state index in [-0.39, 0.29) is 37.8 Å². The van der Waals surface area contributed by atoms with Gasteiger partial charge in [0.2, 0.25) is 0 Å². The zero-order valence-corrected chi connectivity index (χ0v) is 11.2. The van der Waals surface area contributed by atoms with Gasteiger partial charge in [0.15, 0.2) is 0 Å². The summed E-state index contributed by atoms with van der Waals surface area (Å²) in [5.74, 6) is -0.335. The average molecular weight is 278 g/mol. The molecule has 100 valence electrons. The molecule has 0 aliphatic rings. The van der Waals surface area contributed by atoms with Gasteiger partial charge in [0, 0.05) is 6.54 Å². The molecule has 0 bridgehead atoms. The molecule has 1 atom stereocenters. The van der Waals surface area contributed by atoms with Gasteiger partial charge in [-0.1, -0.05) is 20.3 Å². The summed E-state index contributed by atoms with van der Waals surface area (Å²) in [4.78, 5) is 19.1. The molecule has 16 heavy (non-hydrogen) atoms. The van der Waals surface area contributed by atoms with Crippen molar-refractivity contribution in [2.24, 2.45) is 11.7 Å². The van der Waals surface area contributed by atoms with E-state index < -0.39 is 5.97 Å². The van der Waals surface area contributed by atoms with Crippen molar-refractivity contribution in [3.8, 4) is 0 Å². The number of rotatable bonds is 6. The molecule has 0 fully saturated rings. The number of halogens is 2.